The number of hydrogen-bond acceptors (Lipinski definition) is 3. The number of ketones is 1. The summed E-state index contributed by atoms with van der Waals surface area (Å²) in [6, 6.07) is -0.0240. The summed E-state index contributed by atoms with van der Waals surface area (Å²) in [4.78, 5) is 10.7. The Morgan fingerprint density at radius 2 is 2.22 bits per heavy atom. The third kappa shape index (κ3) is 5.46. The van der Waals surface area contributed by atoms with Gasteiger partial charge in [0.15, 0.2) is 0 Å². The lowest BCUT2D eigenvalue weighted by Gasteiger charge is -2.00. The molecule has 54 valence electrons. The first-order valence-corrected chi connectivity index (χ1v) is 3.14. The van der Waals surface area contributed by atoms with E-state index >= 15 is 0 Å². The molecule has 0 saturated carbocycles. The van der Waals surface area contributed by atoms with E-state index in [1.54, 1.807) is 0 Å². The van der Waals surface area contributed by atoms with Gasteiger partial charge in [-0.2, -0.15) is 0 Å². The average Bonchev–Trinajstić information content (AvgIpc) is 1.63. The van der Waals surface area contributed by atoms with Crippen LogP contribution in [0.5, 0.6) is 0 Å². The Hall–Kier alpha value is -0.410. The summed E-state index contributed by atoms with van der Waals surface area (Å²) in [5.41, 5.74) is 10.5. The molecule has 1 unspecified atom stereocenters. The zero-order valence-electron chi connectivity index (χ0n) is 5.76. The van der Waals surface area contributed by atoms with E-state index in [1.807, 2.05) is 6.92 Å². The number of Topliss-reactive ketones (excluding diaryl/α,β-unsaturated/α-hetero) is 1. The average molecular weight is 130 g/mol. The van der Waals surface area contributed by atoms with Gasteiger partial charge in [0.05, 0.1) is 0 Å². The summed E-state index contributed by atoms with van der Waals surface area (Å²) in [5, 5.41) is 0. The molecule has 4 N–H and O–H groups in total. The van der Waals surface area contributed by atoms with Crippen LogP contribution in [0.15, 0.2) is 0 Å². The van der Waals surface area contributed by atoms with Crippen LogP contribution in [0.25, 0.3) is 0 Å². The number of carbonyl (C=O) groups excluding carboxylic acids is 1. The molecule has 0 spiro atoms. The lowest BCUT2D eigenvalue weighted by atomic mass is 10.1. The lowest BCUT2D eigenvalue weighted by Crippen LogP contribution is -2.21. The molecule has 0 saturated heterocycles. The van der Waals surface area contributed by atoms with Gasteiger partial charge in [-0.3, -0.25) is 4.79 Å². The highest BCUT2D eigenvalue weighted by Gasteiger charge is 2.02. The Balaban J connectivity index is 3.27. The number of carbonyl (C=O) groups is 1. The van der Waals surface area contributed by atoms with Gasteiger partial charge >= 0.3 is 0 Å². The molecule has 0 rings (SSSR count). The van der Waals surface area contributed by atoms with Gasteiger partial charge in [-0.1, -0.05) is 0 Å². The van der Waals surface area contributed by atoms with Gasteiger partial charge in [0.2, 0.25) is 0 Å². The Morgan fingerprint density at radius 1 is 1.67 bits per heavy atom. The van der Waals surface area contributed by atoms with Crippen molar-refractivity contribution in [2.24, 2.45) is 11.5 Å². The molecule has 0 aromatic heterocycles. The Kier molecular flexibility index (Phi) is 4.26. The zero-order chi connectivity index (χ0) is 7.28. The van der Waals surface area contributed by atoms with Crippen molar-refractivity contribution in [1.29, 1.82) is 0 Å². The molecule has 0 aliphatic heterocycles. The molecule has 9 heavy (non-hydrogen) atoms. The van der Waals surface area contributed by atoms with Gasteiger partial charge < -0.3 is 11.5 Å². The molecule has 0 aliphatic carbocycles. The van der Waals surface area contributed by atoms with Gasteiger partial charge in [-0.05, 0) is 13.5 Å². The van der Waals surface area contributed by atoms with Crippen molar-refractivity contribution in [2.45, 2.75) is 25.8 Å². The third-order valence-corrected chi connectivity index (χ3v) is 0.973. The molecule has 0 aromatic carbocycles. The molecule has 0 heterocycles. The highest BCUT2D eigenvalue weighted by atomic mass is 16.1. The van der Waals surface area contributed by atoms with E-state index in [9.17, 15) is 4.79 Å². The number of hydrogen-bond donors (Lipinski definition) is 2. The summed E-state index contributed by atoms with van der Waals surface area (Å²) < 4.78 is 0. The monoisotopic (exact) mass is 130 g/mol. The van der Waals surface area contributed by atoms with E-state index in [1.165, 1.54) is 0 Å². The maximum absolute atomic E-state index is 10.7. The molecule has 0 aromatic rings. The Bertz CT molecular complexity index is 91.1. The first kappa shape index (κ1) is 8.59. The van der Waals surface area contributed by atoms with Crippen LogP contribution in [-0.4, -0.2) is 18.4 Å². The van der Waals surface area contributed by atoms with Crippen molar-refractivity contribution in [1.82, 2.24) is 0 Å². The van der Waals surface area contributed by atoms with E-state index in [0.29, 0.717) is 19.4 Å². The van der Waals surface area contributed by atoms with Crippen LogP contribution in [0.4, 0.5) is 0 Å². The molecular weight excluding hydrogens is 116 g/mol. The normalized spacial score (nSPS) is 13.2. The largest absolute Gasteiger partial charge is 0.330 e. The summed E-state index contributed by atoms with van der Waals surface area (Å²) in [5.74, 6) is 0.160. The zero-order valence-corrected chi connectivity index (χ0v) is 5.76. The van der Waals surface area contributed by atoms with Gasteiger partial charge in [0.1, 0.15) is 5.78 Å². The highest BCUT2D eigenvalue weighted by molar-refractivity contribution is 5.79. The second-order valence-corrected chi connectivity index (χ2v) is 2.26. The topological polar surface area (TPSA) is 69.1 Å². The molecule has 0 bridgehead atoms. The summed E-state index contributed by atoms with van der Waals surface area (Å²) in [7, 11) is 0. The van der Waals surface area contributed by atoms with Crippen LogP contribution < -0.4 is 11.5 Å². The van der Waals surface area contributed by atoms with E-state index in [-0.39, 0.29) is 11.8 Å². The predicted molar refractivity (Wildman–Crippen MR) is 36.9 cm³/mol. The SMILES string of the molecule is CC(N)CC(=O)CCN. The maximum Gasteiger partial charge on any atom is 0.135 e. The Labute approximate surface area is 55.4 Å². The second kappa shape index (κ2) is 4.47. The van der Waals surface area contributed by atoms with Gasteiger partial charge in [-0.15, -0.1) is 0 Å². The van der Waals surface area contributed by atoms with E-state index < -0.39 is 0 Å². The van der Waals surface area contributed by atoms with Crippen molar-refractivity contribution in [2.75, 3.05) is 6.54 Å². The Morgan fingerprint density at radius 3 is 2.56 bits per heavy atom. The van der Waals surface area contributed by atoms with Crippen LogP contribution in [0.2, 0.25) is 0 Å². The first-order valence-electron chi connectivity index (χ1n) is 3.14. The number of rotatable bonds is 4. The standard InChI is InChI=1S/C6H14N2O/c1-5(8)4-6(9)2-3-7/h5H,2-4,7-8H2,1H3. The molecular formula is C6H14N2O. The van der Waals surface area contributed by atoms with Crippen LogP contribution in [-0.2, 0) is 4.79 Å². The molecule has 0 radical (unpaired) electrons. The van der Waals surface area contributed by atoms with E-state index in [4.69, 9.17) is 11.5 Å². The van der Waals surface area contributed by atoms with Gasteiger partial charge in [0.25, 0.3) is 0 Å². The minimum Gasteiger partial charge on any atom is -0.330 e. The summed E-state index contributed by atoms with van der Waals surface area (Å²) in [6.45, 7) is 2.25. The fourth-order valence-electron chi connectivity index (χ4n) is 0.622. The smallest absolute Gasteiger partial charge is 0.135 e. The predicted octanol–water partition coefficient (Wildman–Crippen LogP) is -0.358. The molecule has 0 aliphatic rings. The van der Waals surface area contributed by atoms with Crippen molar-refractivity contribution in [3.8, 4) is 0 Å². The van der Waals surface area contributed by atoms with E-state index in [0.717, 1.165) is 0 Å². The highest BCUT2D eigenvalue weighted by Crippen LogP contribution is 1.90. The molecule has 3 nitrogen and oxygen atoms in total. The quantitative estimate of drug-likeness (QED) is 0.546. The minimum absolute atomic E-state index is 0.0240. The van der Waals surface area contributed by atoms with Crippen LogP contribution in [0.3, 0.4) is 0 Å². The number of nitrogens with two attached hydrogens (primary N) is 2. The fourth-order valence-corrected chi connectivity index (χ4v) is 0.622. The van der Waals surface area contributed by atoms with Crippen LogP contribution in [0.1, 0.15) is 19.8 Å². The fraction of sp³-hybridized carbons (Fsp3) is 0.833. The van der Waals surface area contributed by atoms with Gasteiger partial charge in [-0.25, -0.2) is 0 Å². The first-order chi connectivity index (χ1) is 4.16. The maximum atomic E-state index is 10.7. The molecule has 0 fully saturated rings. The van der Waals surface area contributed by atoms with Crippen molar-refractivity contribution in [3.05, 3.63) is 0 Å². The van der Waals surface area contributed by atoms with E-state index in [2.05, 4.69) is 0 Å². The van der Waals surface area contributed by atoms with Gasteiger partial charge in [0, 0.05) is 18.9 Å². The summed E-state index contributed by atoms with van der Waals surface area (Å²) in [6.07, 6.45) is 0.915. The van der Waals surface area contributed by atoms with Crippen LogP contribution >= 0.6 is 0 Å². The minimum atomic E-state index is -0.0240. The van der Waals surface area contributed by atoms with Crippen LogP contribution in [0, 0.1) is 0 Å². The molecule has 1 atom stereocenters. The summed E-state index contributed by atoms with van der Waals surface area (Å²) >= 11 is 0. The lowest BCUT2D eigenvalue weighted by molar-refractivity contribution is -0.119. The van der Waals surface area contributed by atoms with Crippen molar-refractivity contribution >= 4 is 5.78 Å². The molecule has 0 amide bonds. The third-order valence-electron chi connectivity index (χ3n) is 0.973. The van der Waals surface area contributed by atoms with Crippen molar-refractivity contribution < 1.29 is 4.79 Å². The second-order valence-electron chi connectivity index (χ2n) is 2.26. The van der Waals surface area contributed by atoms with Crippen molar-refractivity contribution in [3.63, 3.8) is 0 Å². The molecule has 3 heteroatoms.